The van der Waals surface area contributed by atoms with Gasteiger partial charge >= 0.3 is 7.32 Å². The molecule has 4 heteroatoms. The van der Waals surface area contributed by atoms with Gasteiger partial charge in [-0.2, -0.15) is 0 Å². The molecule has 0 saturated carbocycles. The van der Waals surface area contributed by atoms with Crippen LogP contribution < -0.4 is 0 Å². The molecule has 0 heterocycles. The molecule has 0 atom stereocenters. The SMILES string of the molecule is CCOB(OCC)OC(c1ccc(C)cc1)(c1ccc(C)cc1)C(c1ccc(C)cc1)c1ccc(C)cc1. The van der Waals surface area contributed by atoms with Gasteiger partial charge in [0.15, 0.2) is 0 Å². The Bertz CT molecular complexity index is 1180. The molecule has 4 aromatic carbocycles. The summed E-state index contributed by atoms with van der Waals surface area (Å²) >= 11 is 0. The Kier molecular flexibility index (Phi) is 9.22. The quantitative estimate of drug-likeness (QED) is 0.193. The molecule has 3 nitrogen and oxygen atoms in total. The Hall–Kier alpha value is -3.18. The van der Waals surface area contributed by atoms with Gasteiger partial charge < -0.3 is 14.0 Å². The minimum absolute atomic E-state index is 0.183. The number of hydrogen-bond donors (Lipinski definition) is 0. The highest BCUT2D eigenvalue weighted by atomic mass is 16.7. The summed E-state index contributed by atoms with van der Waals surface area (Å²) < 4.78 is 19.2. The first-order valence-corrected chi connectivity index (χ1v) is 13.6. The third-order valence-electron chi connectivity index (χ3n) is 7.08. The summed E-state index contributed by atoms with van der Waals surface area (Å²) in [4.78, 5) is 0. The smallest absolute Gasteiger partial charge is 0.386 e. The molecule has 4 rings (SSSR count). The van der Waals surface area contributed by atoms with Gasteiger partial charge in [-0.25, -0.2) is 0 Å². The van der Waals surface area contributed by atoms with E-state index < -0.39 is 12.9 Å². The van der Waals surface area contributed by atoms with Gasteiger partial charge in [0.05, 0.1) is 0 Å². The van der Waals surface area contributed by atoms with E-state index in [-0.39, 0.29) is 5.92 Å². The van der Waals surface area contributed by atoms with Crippen molar-refractivity contribution in [2.24, 2.45) is 0 Å². The maximum Gasteiger partial charge on any atom is 0.640 e. The number of rotatable bonds is 11. The van der Waals surface area contributed by atoms with Crippen molar-refractivity contribution in [1.29, 1.82) is 0 Å². The van der Waals surface area contributed by atoms with Gasteiger partial charge in [-0.15, -0.1) is 0 Å². The van der Waals surface area contributed by atoms with Crippen LogP contribution in [0, 0.1) is 27.7 Å². The lowest BCUT2D eigenvalue weighted by atomic mass is 9.68. The fourth-order valence-electron chi connectivity index (χ4n) is 5.03. The van der Waals surface area contributed by atoms with Crippen LogP contribution in [0.5, 0.6) is 0 Å². The van der Waals surface area contributed by atoms with E-state index in [1.807, 2.05) is 13.8 Å². The summed E-state index contributed by atoms with van der Waals surface area (Å²) in [5.74, 6) is -0.183. The summed E-state index contributed by atoms with van der Waals surface area (Å²) in [5.41, 5.74) is 8.29. The van der Waals surface area contributed by atoms with Crippen molar-refractivity contribution in [2.75, 3.05) is 13.2 Å². The highest BCUT2D eigenvalue weighted by Gasteiger charge is 2.48. The van der Waals surface area contributed by atoms with Crippen molar-refractivity contribution in [3.8, 4) is 0 Å². The molecule has 0 unspecified atom stereocenters. The second-order valence-corrected chi connectivity index (χ2v) is 10.0. The van der Waals surface area contributed by atoms with E-state index in [9.17, 15) is 0 Å². The van der Waals surface area contributed by atoms with Crippen LogP contribution in [-0.2, 0) is 19.6 Å². The lowest BCUT2D eigenvalue weighted by Crippen LogP contribution is -2.45. The van der Waals surface area contributed by atoms with E-state index in [1.54, 1.807) is 0 Å². The van der Waals surface area contributed by atoms with Crippen LogP contribution in [0.3, 0.4) is 0 Å². The molecular weight excluding hydrogens is 467 g/mol. The lowest BCUT2D eigenvalue weighted by Gasteiger charge is -2.44. The summed E-state index contributed by atoms with van der Waals surface area (Å²) in [6.07, 6.45) is 0. The Balaban J connectivity index is 2.09. The Labute approximate surface area is 229 Å². The zero-order chi connectivity index (χ0) is 27.1. The monoisotopic (exact) mass is 506 g/mol. The molecule has 0 spiro atoms. The zero-order valence-corrected chi connectivity index (χ0v) is 23.5. The van der Waals surface area contributed by atoms with Crippen molar-refractivity contribution >= 4 is 7.32 Å². The molecular formula is C34H39BO3. The molecule has 0 bridgehead atoms. The predicted octanol–water partition coefficient (Wildman–Crippen LogP) is 8.07. The molecule has 0 amide bonds. The molecule has 0 aromatic heterocycles. The topological polar surface area (TPSA) is 27.7 Å². The molecule has 0 aliphatic rings. The second kappa shape index (κ2) is 12.6. The molecule has 0 fully saturated rings. The second-order valence-electron chi connectivity index (χ2n) is 10.0. The average Bonchev–Trinajstić information content (AvgIpc) is 2.91. The van der Waals surface area contributed by atoms with Crippen molar-refractivity contribution in [3.05, 3.63) is 142 Å². The number of benzene rings is 4. The van der Waals surface area contributed by atoms with E-state index in [0.29, 0.717) is 13.2 Å². The zero-order valence-electron chi connectivity index (χ0n) is 23.5. The first-order chi connectivity index (χ1) is 18.4. The van der Waals surface area contributed by atoms with Gasteiger partial charge in [0.1, 0.15) is 5.60 Å². The van der Waals surface area contributed by atoms with Crippen LogP contribution >= 0.6 is 0 Å². The number of hydrogen-bond acceptors (Lipinski definition) is 3. The van der Waals surface area contributed by atoms with E-state index in [1.165, 1.54) is 22.3 Å². The van der Waals surface area contributed by atoms with E-state index in [0.717, 1.165) is 22.3 Å². The Morgan fingerprint density at radius 3 is 1.16 bits per heavy atom. The van der Waals surface area contributed by atoms with Crippen LogP contribution in [0.2, 0.25) is 0 Å². The average molecular weight is 506 g/mol. The van der Waals surface area contributed by atoms with Gasteiger partial charge in [-0.05, 0) is 63.8 Å². The molecule has 0 saturated heterocycles. The fraction of sp³-hybridized carbons (Fsp3) is 0.294. The Morgan fingerprint density at radius 2 is 0.842 bits per heavy atom. The standard InChI is InChI=1S/C34H39BO3/c1-7-36-35(37-8-2)38-34(31-21-13-27(5)14-22-31,32-23-15-28(6)16-24-32)33(29-17-9-25(3)10-18-29)30-19-11-26(4)12-20-30/h9-24,33H,7-8H2,1-6H3. The molecule has 0 N–H and O–H groups in total. The van der Waals surface area contributed by atoms with Crippen molar-refractivity contribution in [2.45, 2.75) is 53.1 Å². The largest absolute Gasteiger partial charge is 0.640 e. The van der Waals surface area contributed by atoms with Crippen LogP contribution in [-0.4, -0.2) is 20.5 Å². The third-order valence-corrected chi connectivity index (χ3v) is 7.08. The normalized spacial score (nSPS) is 11.7. The molecule has 4 aromatic rings. The molecule has 0 aliphatic heterocycles. The minimum Gasteiger partial charge on any atom is -0.386 e. The van der Waals surface area contributed by atoms with Crippen molar-refractivity contribution in [1.82, 2.24) is 0 Å². The van der Waals surface area contributed by atoms with Gasteiger partial charge in [-0.3, -0.25) is 0 Å². The lowest BCUT2D eigenvalue weighted by molar-refractivity contribution is 0.00467. The van der Waals surface area contributed by atoms with Crippen molar-refractivity contribution < 1.29 is 14.0 Å². The minimum atomic E-state index is -0.944. The van der Waals surface area contributed by atoms with E-state index in [2.05, 4.69) is 125 Å². The highest BCUT2D eigenvalue weighted by Crippen LogP contribution is 2.50. The van der Waals surface area contributed by atoms with Crippen LogP contribution in [0.25, 0.3) is 0 Å². The fourth-order valence-corrected chi connectivity index (χ4v) is 5.03. The summed E-state index contributed by atoms with van der Waals surface area (Å²) in [6, 6.07) is 34.9. The molecule has 0 aliphatic carbocycles. The molecule has 38 heavy (non-hydrogen) atoms. The molecule has 196 valence electrons. The van der Waals surface area contributed by atoms with Crippen LogP contribution in [0.15, 0.2) is 97.1 Å². The highest BCUT2D eigenvalue weighted by molar-refractivity contribution is 6.36. The van der Waals surface area contributed by atoms with Gasteiger partial charge in [0.2, 0.25) is 0 Å². The van der Waals surface area contributed by atoms with Gasteiger partial charge in [-0.1, -0.05) is 119 Å². The summed E-state index contributed by atoms with van der Waals surface area (Å²) in [5, 5.41) is 0. The first kappa shape index (κ1) is 27.8. The number of aryl methyl sites for hydroxylation is 4. The molecule has 0 radical (unpaired) electrons. The maximum atomic E-state index is 7.16. The van der Waals surface area contributed by atoms with Crippen molar-refractivity contribution in [3.63, 3.8) is 0 Å². The van der Waals surface area contributed by atoms with Gasteiger partial charge in [0, 0.05) is 19.1 Å². The maximum absolute atomic E-state index is 7.16. The van der Waals surface area contributed by atoms with Crippen LogP contribution in [0.4, 0.5) is 0 Å². The van der Waals surface area contributed by atoms with Gasteiger partial charge in [0.25, 0.3) is 0 Å². The summed E-state index contributed by atoms with van der Waals surface area (Å²) in [7, 11) is -0.842. The first-order valence-electron chi connectivity index (χ1n) is 13.6. The van der Waals surface area contributed by atoms with E-state index >= 15 is 0 Å². The Morgan fingerprint density at radius 1 is 0.526 bits per heavy atom. The predicted molar refractivity (Wildman–Crippen MR) is 157 cm³/mol. The van der Waals surface area contributed by atoms with Crippen LogP contribution in [0.1, 0.15) is 64.3 Å². The summed E-state index contributed by atoms with van der Waals surface area (Å²) in [6.45, 7) is 13.3. The third kappa shape index (κ3) is 6.10. The van der Waals surface area contributed by atoms with E-state index in [4.69, 9.17) is 14.0 Å².